The second-order valence-electron chi connectivity index (χ2n) is 9.88. The van der Waals surface area contributed by atoms with Gasteiger partial charge in [-0.25, -0.2) is 4.98 Å². The van der Waals surface area contributed by atoms with Crippen molar-refractivity contribution in [3.05, 3.63) is 76.1 Å². The fraction of sp³-hybridized carbons (Fsp3) is 0.444. The molecule has 6 heteroatoms. The standard InChI is InChI=1S/C27H33N5O/c1-19-7-9-20(10-8-19)17-24-22-5-4-6-23(22)26(30-29-24)32-15-13-31(14-16-32)25-12-11-21(18-28-25)27(2,3)33/h7-12,18,33H,4-6,13-17H2,1-3H3. The number of aromatic nitrogens is 3. The molecule has 3 aromatic rings. The molecule has 0 radical (unpaired) electrons. The number of anilines is 2. The quantitative estimate of drug-likeness (QED) is 0.647. The number of nitrogens with zero attached hydrogens (tertiary/aromatic N) is 5. The maximum absolute atomic E-state index is 10.2. The lowest BCUT2D eigenvalue weighted by Crippen LogP contribution is -2.47. The van der Waals surface area contributed by atoms with Crippen molar-refractivity contribution < 1.29 is 5.11 Å². The van der Waals surface area contributed by atoms with E-state index in [-0.39, 0.29) is 0 Å². The zero-order valence-electron chi connectivity index (χ0n) is 19.9. The zero-order valence-corrected chi connectivity index (χ0v) is 19.9. The number of aliphatic hydroxyl groups is 1. The molecule has 6 nitrogen and oxygen atoms in total. The van der Waals surface area contributed by atoms with Crippen molar-refractivity contribution in [2.75, 3.05) is 36.0 Å². The largest absolute Gasteiger partial charge is 0.386 e. The number of rotatable bonds is 5. The van der Waals surface area contributed by atoms with Crippen LogP contribution in [0.2, 0.25) is 0 Å². The predicted octanol–water partition coefficient (Wildman–Crippen LogP) is 3.81. The molecule has 0 saturated carbocycles. The minimum absolute atomic E-state index is 0.835. The van der Waals surface area contributed by atoms with Crippen LogP contribution in [-0.2, 0) is 24.9 Å². The first-order valence-electron chi connectivity index (χ1n) is 12.0. The van der Waals surface area contributed by atoms with Gasteiger partial charge in [0.2, 0.25) is 0 Å². The van der Waals surface area contributed by atoms with Gasteiger partial charge in [0.05, 0.1) is 11.3 Å². The van der Waals surface area contributed by atoms with Gasteiger partial charge in [-0.1, -0.05) is 35.9 Å². The van der Waals surface area contributed by atoms with Crippen molar-refractivity contribution in [2.45, 2.75) is 52.1 Å². The van der Waals surface area contributed by atoms with E-state index in [1.54, 1.807) is 20.0 Å². The van der Waals surface area contributed by atoms with E-state index in [2.05, 4.69) is 46.0 Å². The van der Waals surface area contributed by atoms with E-state index in [1.165, 1.54) is 28.7 Å². The molecular formula is C27H33N5O. The van der Waals surface area contributed by atoms with Crippen LogP contribution in [0.4, 0.5) is 11.6 Å². The van der Waals surface area contributed by atoms with Crippen LogP contribution in [0.3, 0.4) is 0 Å². The number of hydrogen-bond acceptors (Lipinski definition) is 6. The summed E-state index contributed by atoms with van der Waals surface area (Å²) in [5, 5.41) is 19.6. The molecule has 1 aliphatic heterocycles. The molecule has 2 aliphatic rings. The third kappa shape index (κ3) is 4.58. The van der Waals surface area contributed by atoms with Crippen molar-refractivity contribution in [2.24, 2.45) is 0 Å². The first-order valence-corrected chi connectivity index (χ1v) is 12.0. The molecule has 3 heterocycles. The molecular weight excluding hydrogens is 410 g/mol. The maximum Gasteiger partial charge on any atom is 0.154 e. The molecule has 0 amide bonds. The Morgan fingerprint density at radius 2 is 1.58 bits per heavy atom. The fourth-order valence-corrected chi connectivity index (χ4v) is 4.92. The Hall–Kier alpha value is -2.99. The summed E-state index contributed by atoms with van der Waals surface area (Å²) in [6.45, 7) is 9.31. The van der Waals surface area contributed by atoms with Gasteiger partial charge in [-0.05, 0) is 57.2 Å². The van der Waals surface area contributed by atoms with E-state index in [9.17, 15) is 5.11 Å². The van der Waals surface area contributed by atoms with Gasteiger partial charge in [0, 0.05) is 49.9 Å². The number of fused-ring (bicyclic) bond motifs is 1. The highest BCUT2D eigenvalue weighted by molar-refractivity contribution is 5.55. The molecule has 1 fully saturated rings. The van der Waals surface area contributed by atoms with E-state index in [0.29, 0.717) is 0 Å². The second kappa shape index (κ2) is 8.75. The first-order chi connectivity index (χ1) is 15.9. The van der Waals surface area contributed by atoms with Gasteiger partial charge < -0.3 is 14.9 Å². The summed E-state index contributed by atoms with van der Waals surface area (Å²) in [7, 11) is 0. The summed E-state index contributed by atoms with van der Waals surface area (Å²) in [6.07, 6.45) is 6.04. The Morgan fingerprint density at radius 1 is 0.879 bits per heavy atom. The highest BCUT2D eigenvalue weighted by atomic mass is 16.3. The highest BCUT2D eigenvalue weighted by Crippen LogP contribution is 2.33. The molecule has 0 spiro atoms. The molecule has 172 valence electrons. The van der Waals surface area contributed by atoms with Crippen LogP contribution < -0.4 is 9.80 Å². The first kappa shape index (κ1) is 21.8. The van der Waals surface area contributed by atoms with E-state index in [1.807, 2.05) is 12.1 Å². The minimum atomic E-state index is -0.866. The van der Waals surface area contributed by atoms with Crippen LogP contribution in [0.15, 0.2) is 42.6 Å². The zero-order chi connectivity index (χ0) is 23.0. The summed E-state index contributed by atoms with van der Waals surface area (Å²) in [6, 6.07) is 12.7. The monoisotopic (exact) mass is 443 g/mol. The Balaban J connectivity index is 1.29. The van der Waals surface area contributed by atoms with Crippen LogP contribution in [-0.4, -0.2) is 46.5 Å². The van der Waals surface area contributed by atoms with E-state index in [0.717, 1.165) is 68.3 Å². The van der Waals surface area contributed by atoms with Gasteiger partial charge in [0.15, 0.2) is 5.82 Å². The topological polar surface area (TPSA) is 65.4 Å². The molecule has 0 unspecified atom stereocenters. The number of benzene rings is 1. The van der Waals surface area contributed by atoms with E-state index in [4.69, 9.17) is 10.2 Å². The predicted molar refractivity (Wildman–Crippen MR) is 132 cm³/mol. The van der Waals surface area contributed by atoms with Crippen LogP contribution in [0.5, 0.6) is 0 Å². The van der Waals surface area contributed by atoms with Crippen molar-refractivity contribution >= 4 is 11.6 Å². The van der Waals surface area contributed by atoms with Crippen LogP contribution >= 0.6 is 0 Å². The van der Waals surface area contributed by atoms with Crippen LogP contribution in [0, 0.1) is 6.92 Å². The Bertz CT molecular complexity index is 1110. The van der Waals surface area contributed by atoms with Crippen LogP contribution in [0.25, 0.3) is 0 Å². The Labute approximate surface area is 196 Å². The molecule has 33 heavy (non-hydrogen) atoms. The SMILES string of the molecule is Cc1ccc(Cc2nnc(N3CCN(c4ccc(C(C)(C)O)cn4)CC3)c3c2CCC3)cc1. The van der Waals surface area contributed by atoms with Gasteiger partial charge in [-0.3, -0.25) is 0 Å². The lowest BCUT2D eigenvalue weighted by atomic mass is 10.0. The van der Waals surface area contributed by atoms with Gasteiger partial charge in [0.25, 0.3) is 0 Å². The summed E-state index contributed by atoms with van der Waals surface area (Å²) in [5.74, 6) is 2.05. The van der Waals surface area contributed by atoms with E-state index < -0.39 is 5.60 Å². The summed E-state index contributed by atoms with van der Waals surface area (Å²) in [5.41, 5.74) is 6.53. The highest BCUT2D eigenvalue weighted by Gasteiger charge is 2.27. The fourth-order valence-electron chi connectivity index (χ4n) is 4.92. The molecule has 5 rings (SSSR count). The smallest absolute Gasteiger partial charge is 0.154 e. The number of aryl methyl sites for hydroxylation is 1. The third-order valence-electron chi connectivity index (χ3n) is 6.95. The van der Waals surface area contributed by atoms with Crippen LogP contribution in [0.1, 0.15) is 53.8 Å². The Kier molecular flexibility index (Phi) is 5.79. The van der Waals surface area contributed by atoms with Gasteiger partial charge in [-0.15, -0.1) is 5.10 Å². The Morgan fingerprint density at radius 3 is 2.24 bits per heavy atom. The third-order valence-corrected chi connectivity index (χ3v) is 6.95. The minimum Gasteiger partial charge on any atom is -0.386 e. The molecule has 1 aliphatic carbocycles. The van der Waals surface area contributed by atoms with Crippen molar-refractivity contribution in [1.29, 1.82) is 0 Å². The molecule has 1 saturated heterocycles. The molecule has 0 bridgehead atoms. The average molecular weight is 444 g/mol. The van der Waals surface area contributed by atoms with E-state index >= 15 is 0 Å². The average Bonchev–Trinajstić information content (AvgIpc) is 3.31. The molecule has 1 N–H and O–H groups in total. The maximum atomic E-state index is 10.2. The molecule has 2 aromatic heterocycles. The van der Waals surface area contributed by atoms with Gasteiger partial charge in [-0.2, -0.15) is 5.10 Å². The number of pyridine rings is 1. The lowest BCUT2D eigenvalue weighted by Gasteiger charge is -2.36. The second-order valence-corrected chi connectivity index (χ2v) is 9.88. The van der Waals surface area contributed by atoms with Crippen molar-refractivity contribution in [1.82, 2.24) is 15.2 Å². The van der Waals surface area contributed by atoms with Gasteiger partial charge in [0.1, 0.15) is 5.82 Å². The van der Waals surface area contributed by atoms with Crippen molar-refractivity contribution in [3.63, 3.8) is 0 Å². The van der Waals surface area contributed by atoms with Crippen molar-refractivity contribution in [3.8, 4) is 0 Å². The summed E-state index contributed by atoms with van der Waals surface area (Å²) in [4.78, 5) is 9.31. The molecule has 1 aromatic carbocycles. The number of hydrogen-bond donors (Lipinski definition) is 1. The summed E-state index contributed by atoms with van der Waals surface area (Å²) < 4.78 is 0. The lowest BCUT2D eigenvalue weighted by molar-refractivity contribution is 0.0782. The normalized spacial score (nSPS) is 16.2. The number of piperazine rings is 1. The summed E-state index contributed by atoms with van der Waals surface area (Å²) >= 11 is 0. The molecule has 0 atom stereocenters. The van der Waals surface area contributed by atoms with Gasteiger partial charge >= 0.3 is 0 Å².